The van der Waals surface area contributed by atoms with Crippen molar-refractivity contribution in [1.29, 1.82) is 0 Å². The molecule has 2 aliphatic rings. The summed E-state index contributed by atoms with van der Waals surface area (Å²) in [5.74, 6) is 1.71. The van der Waals surface area contributed by atoms with Gasteiger partial charge in [-0.25, -0.2) is 0 Å². The van der Waals surface area contributed by atoms with Crippen LogP contribution in [-0.4, -0.2) is 36.9 Å². The van der Waals surface area contributed by atoms with E-state index in [1.807, 2.05) is 48.5 Å². The third-order valence-electron chi connectivity index (χ3n) is 5.01. The van der Waals surface area contributed by atoms with Crippen LogP contribution < -0.4 is 14.8 Å². The SMILES string of the molecule is O=C(NC(CO)Cc1ccccc1)C1CC1c1ccc2c(c1)OCCO2. The highest BCUT2D eigenvalue weighted by atomic mass is 16.6. The van der Waals surface area contributed by atoms with Crippen molar-refractivity contribution in [3.8, 4) is 11.5 Å². The fourth-order valence-corrected chi connectivity index (χ4v) is 3.51. The molecule has 2 aromatic carbocycles. The van der Waals surface area contributed by atoms with Crippen LogP contribution in [0, 0.1) is 5.92 Å². The number of ether oxygens (including phenoxy) is 2. The molecule has 26 heavy (non-hydrogen) atoms. The van der Waals surface area contributed by atoms with Crippen molar-refractivity contribution >= 4 is 5.91 Å². The number of hydrogen-bond donors (Lipinski definition) is 2. The maximum Gasteiger partial charge on any atom is 0.224 e. The van der Waals surface area contributed by atoms with Gasteiger partial charge in [0, 0.05) is 5.92 Å². The molecule has 1 amide bonds. The lowest BCUT2D eigenvalue weighted by Crippen LogP contribution is -2.40. The Hall–Kier alpha value is -2.53. The van der Waals surface area contributed by atoms with Gasteiger partial charge in [-0.15, -0.1) is 0 Å². The molecule has 5 nitrogen and oxygen atoms in total. The molecule has 1 saturated carbocycles. The van der Waals surface area contributed by atoms with E-state index in [4.69, 9.17) is 9.47 Å². The highest BCUT2D eigenvalue weighted by Crippen LogP contribution is 2.49. The minimum atomic E-state index is -0.258. The summed E-state index contributed by atoms with van der Waals surface area (Å²) in [5, 5.41) is 12.6. The van der Waals surface area contributed by atoms with E-state index >= 15 is 0 Å². The lowest BCUT2D eigenvalue weighted by Gasteiger charge is -2.19. The normalized spacial score (nSPS) is 21.7. The van der Waals surface area contributed by atoms with Gasteiger partial charge in [0.1, 0.15) is 13.2 Å². The van der Waals surface area contributed by atoms with Gasteiger partial charge in [-0.2, -0.15) is 0 Å². The van der Waals surface area contributed by atoms with Crippen molar-refractivity contribution < 1.29 is 19.4 Å². The zero-order valence-electron chi connectivity index (χ0n) is 14.6. The Labute approximate surface area is 152 Å². The largest absolute Gasteiger partial charge is 0.486 e. The van der Waals surface area contributed by atoms with Crippen LogP contribution >= 0.6 is 0 Å². The van der Waals surface area contributed by atoms with Gasteiger partial charge in [-0.1, -0.05) is 36.4 Å². The number of hydrogen-bond acceptors (Lipinski definition) is 4. The molecule has 0 aromatic heterocycles. The van der Waals surface area contributed by atoms with Crippen LogP contribution in [0.25, 0.3) is 0 Å². The predicted molar refractivity (Wildman–Crippen MR) is 97.4 cm³/mol. The first-order valence-electron chi connectivity index (χ1n) is 9.09. The van der Waals surface area contributed by atoms with Crippen LogP contribution in [0.1, 0.15) is 23.5 Å². The van der Waals surface area contributed by atoms with Crippen LogP contribution in [-0.2, 0) is 11.2 Å². The Morgan fingerprint density at radius 2 is 1.88 bits per heavy atom. The second kappa shape index (κ2) is 7.38. The molecule has 0 radical (unpaired) electrons. The summed E-state index contributed by atoms with van der Waals surface area (Å²) in [6, 6.07) is 15.6. The van der Waals surface area contributed by atoms with Crippen molar-refractivity contribution in [2.75, 3.05) is 19.8 Å². The number of rotatable bonds is 6. The molecule has 1 fully saturated rings. The Bertz CT molecular complexity index is 777. The van der Waals surface area contributed by atoms with Crippen molar-refractivity contribution in [1.82, 2.24) is 5.32 Å². The number of carbonyl (C=O) groups excluding carboxylic acids is 1. The van der Waals surface area contributed by atoms with Crippen molar-refractivity contribution in [2.45, 2.75) is 24.8 Å². The van der Waals surface area contributed by atoms with E-state index in [0.29, 0.717) is 19.6 Å². The van der Waals surface area contributed by atoms with Crippen molar-refractivity contribution in [3.63, 3.8) is 0 Å². The first-order chi connectivity index (χ1) is 12.7. The molecule has 0 bridgehead atoms. The summed E-state index contributed by atoms with van der Waals surface area (Å²) in [4.78, 5) is 12.6. The molecule has 4 rings (SSSR count). The molecule has 5 heteroatoms. The first kappa shape index (κ1) is 16.9. The summed E-state index contributed by atoms with van der Waals surface area (Å²) in [6.07, 6.45) is 1.46. The Morgan fingerprint density at radius 3 is 2.65 bits per heavy atom. The van der Waals surface area contributed by atoms with Crippen LogP contribution in [0.2, 0.25) is 0 Å². The van der Waals surface area contributed by atoms with Gasteiger partial charge in [-0.05, 0) is 42.0 Å². The molecule has 3 atom stereocenters. The van der Waals surface area contributed by atoms with Gasteiger partial charge < -0.3 is 19.9 Å². The zero-order valence-corrected chi connectivity index (χ0v) is 14.6. The molecule has 136 valence electrons. The monoisotopic (exact) mass is 353 g/mol. The number of nitrogens with one attached hydrogen (secondary N) is 1. The average molecular weight is 353 g/mol. The fraction of sp³-hybridized carbons (Fsp3) is 0.381. The number of aliphatic hydroxyl groups excluding tert-OH is 1. The lowest BCUT2D eigenvalue weighted by molar-refractivity contribution is -0.123. The highest BCUT2D eigenvalue weighted by Gasteiger charge is 2.44. The van der Waals surface area contributed by atoms with Gasteiger partial charge in [0.25, 0.3) is 0 Å². The Morgan fingerprint density at radius 1 is 1.12 bits per heavy atom. The maximum absolute atomic E-state index is 12.6. The molecular weight excluding hydrogens is 330 g/mol. The third-order valence-corrected chi connectivity index (χ3v) is 5.01. The second-order valence-corrected chi connectivity index (χ2v) is 6.93. The van der Waals surface area contributed by atoms with Crippen LogP contribution in [0.3, 0.4) is 0 Å². The van der Waals surface area contributed by atoms with Gasteiger partial charge in [0.15, 0.2) is 11.5 Å². The summed E-state index contributed by atoms with van der Waals surface area (Å²) < 4.78 is 11.2. The average Bonchev–Trinajstić information content (AvgIpc) is 3.49. The van der Waals surface area contributed by atoms with E-state index in [0.717, 1.165) is 29.0 Å². The lowest BCUT2D eigenvalue weighted by atomic mass is 10.1. The molecule has 0 spiro atoms. The molecule has 1 heterocycles. The summed E-state index contributed by atoms with van der Waals surface area (Å²) in [7, 11) is 0. The maximum atomic E-state index is 12.6. The van der Waals surface area contributed by atoms with Gasteiger partial charge in [0.05, 0.1) is 12.6 Å². The first-order valence-corrected chi connectivity index (χ1v) is 9.09. The van der Waals surface area contributed by atoms with Crippen LogP contribution in [0.5, 0.6) is 11.5 Å². The molecule has 3 unspecified atom stereocenters. The molecule has 0 saturated heterocycles. The molecule has 1 aliphatic carbocycles. The number of amides is 1. The minimum absolute atomic E-state index is 0.0138. The number of carbonyl (C=O) groups is 1. The Kier molecular flexibility index (Phi) is 4.80. The van der Waals surface area contributed by atoms with Crippen molar-refractivity contribution in [3.05, 3.63) is 59.7 Å². The fourth-order valence-electron chi connectivity index (χ4n) is 3.51. The third kappa shape index (κ3) is 3.68. The van der Waals surface area contributed by atoms with E-state index in [-0.39, 0.29) is 30.4 Å². The minimum Gasteiger partial charge on any atom is -0.486 e. The van der Waals surface area contributed by atoms with Gasteiger partial charge >= 0.3 is 0 Å². The van der Waals surface area contributed by atoms with Crippen LogP contribution in [0.15, 0.2) is 48.5 Å². The molecule has 1 aliphatic heterocycles. The van der Waals surface area contributed by atoms with E-state index in [2.05, 4.69) is 5.32 Å². The van der Waals surface area contributed by atoms with E-state index in [1.165, 1.54) is 0 Å². The summed E-state index contributed by atoms with van der Waals surface area (Å²) in [6.45, 7) is 1.06. The van der Waals surface area contributed by atoms with Crippen molar-refractivity contribution in [2.24, 2.45) is 5.92 Å². The quantitative estimate of drug-likeness (QED) is 0.836. The molecule has 2 aromatic rings. The van der Waals surface area contributed by atoms with Gasteiger partial charge in [-0.3, -0.25) is 4.79 Å². The highest BCUT2D eigenvalue weighted by molar-refractivity contribution is 5.83. The van der Waals surface area contributed by atoms with Gasteiger partial charge in [0.2, 0.25) is 5.91 Å². The molecule has 2 N–H and O–H groups in total. The molecular formula is C21H23NO4. The predicted octanol–water partition coefficient (Wildman–Crippen LogP) is 2.28. The van der Waals surface area contributed by atoms with E-state index in [9.17, 15) is 9.90 Å². The number of benzene rings is 2. The second-order valence-electron chi connectivity index (χ2n) is 6.93. The number of aliphatic hydroxyl groups is 1. The topological polar surface area (TPSA) is 67.8 Å². The summed E-state index contributed by atoms with van der Waals surface area (Å²) >= 11 is 0. The van der Waals surface area contributed by atoms with E-state index < -0.39 is 0 Å². The Balaban J connectivity index is 1.36. The summed E-state index contributed by atoms with van der Waals surface area (Å²) in [5.41, 5.74) is 2.21. The smallest absolute Gasteiger partial charge is 0.224 e. The van der Waals surface area contributed by atoms with E-state index in [1.54, 1.807) is 0 Å². The van der Waals surface area contributed by atoms with Crippen LogP contribution in [0.4, 0.5) is 0 Å². The standard InChI is InChI=1S/C21H23NO4/c23-13-16(10-14-4-2-1-3-5-14)22-21(24)18-12-17(18)15-6-7-19-20(11-15)26-9-8-25-19/h1-7,11,16-18,23H,8-10,12-13H2,(H,22,24). The zero-order chi connectivity index (χ0) is 17.9. The number of fused-ring (bicyclic) bond motifs is 1.